The molecule has 0 bridgehead atoms. The Bertz CT molecular complexity index is 1080. The number of carbonyl (C=O) groups excluding carboxylic acids is 1. The van der Waals surface area contributed by atoms with Crippen molar-refractivity contribution in [1.29, 1.82) is 0 Å². The Morgan fingerprint density at radius 1 is 1.19 bits per heavy atom. The molecule has 6 heteroatoms. The second-order valence-electron chi connectivity index (χ2n) is 7.27. The van der Waals surface area contributed by atoms with Crippen LogP contribution in [0.15, 0.2) is 35.1 Å². The molecule has 0 saturated carbocycles. The summed E-state index contributed by atoms with van der Waals surface area (Å²) in [7, 11) is 1.65. The van der Waals surface area contributed by atoms with E-state index in [1.54, 1.807) is 13.2 Å². The van der Waals surface area contributed by atoms with Crippen LogP contribution < -0.4 is 10.3 Å². The fourth-order valence-electron chi connectivity index (χ4n) is 3.80. The number of H-pyrrole nitrogens is 2. The molecule has 3 heterocycles. The smallest absolute Gasteiger partial charge is 0.255 e. The lowest BCUT2D eigenvalue weighted by Gasteiger charge is -2.28. The van der Waals surface area contributed by atoms with Crippen molar-refractivity contribution in [3.63, 3.8) is 0 Å². The van der Waals surface area contributed by atoms with Crippen LogP contribution >= 0.6 is 0 Å². The average molecular weight is 365 g/mol. The highest BCUT2D eigenvalue weighted by Gasteiger charge is 2.27. The first kappa shape index (κ1) is 17.4. The molecular formula is C21H23N3O3. The fourth-order valence-corrected chi connectivity index (χ4v) is 3.80. The molecule has 1 amide bonds. The lowest BCUT2D eigenvalue weighted by molar-refractivity contribution is 0.0733. The number of aromatic nitrogens is 2. The molecule has 1 aliphatic rings. The molecule has 1 aliphatic heterocycles. The highest BCUT2D eigenvalue weighted by molar-refractivity contribution is 5.96. The molecule has 1 aromatic carbocycles. The molecule has 140 valence electrons. The standard InChI is InChI=1S/C21H23N3O3/c1-12(2)20-14(5-7-19(25)23-20)21(26)24-9-8-18-16(11-24)15-10-13(27-3)4-6-17(15)22-18/h4-7,10,12,22H,8-9,11H2,1-3H3,(H,23,25). The van der Waals surface area contributed by atoms with Gasteiger partial charge in [-0.1, -0.05) is 13.8 Å². The molecule has 4 rings (SSSR count). The molecular weight excluding hydrogens is 342 g/mol. The monoisotopic (exact) mass is 365 g/mol. The van der Waals surface area contributed by atoms with Crippen molar-refractivity contribution >= 4 is 16.8 Å². The first-order chi connectivity index (χ1) is 13.0. The molecule has 6 nitrogen and oxygen atoms in total. The van der Waals surface area contributed by atoms with Gasteiger partial charge in [-0.3, -0.25) is 9.59 Å². The molecule has 0 atom stereocenters. The van der Waals surface area contributed by atoms with E-state index in [2.05, 4.69) is 9.97 Å². The van der Waals surface area contributed by atoms with Crippen molar-refractivity contribution in [2.75, 3.05) is 13.7 Å². The van der Waals surface area contributed by atoms with Crippen molar-refractivity contribution in [3.8, 4) is 5.75 Å². The van der Waals surface area contributed by atoms with Crippen LogP contribution in [0, 0.1) is 0 Å². The van der Waals surface area contributed by atoms with E-state index in [1.165, 1.54) is 11.8 Å². The first-order valence-electron chi connectivity index (χ1n) is 9.18. The second kappa shape index (κ2) is 6.61. The average Bonchev–Trinajstić information content (AvgIpc) is 3.04. The summed E-state index contributed by atoms with van der Waals surface area (Å²) in [5.41, 5.74) is 4.46. The highest BCUT2D eigenvalue weighted by atomic mass is 16.5. The number of hydrogen-bond acceptors (Lipinski definition) is 3. The number of benzene rings is 1. The summed E-state index contributed by atoms with van der Waals surface area (Å²) in [6.07, 6.45) is 0.776. The molecule has 27 heavy (non-hydrogen) atoms. The Kier molecular flexibility index (Phi) is 4.26. The number of hydrogen-bond donors (Lipinski definition) is 2. The van der Waals surface area contributed by atoms with Crippen molar-refractivity contribution < 1.29 is 9.53 Å². The van der Waals surface area contributed by atoms with Gasteiger partial charge >= 0.3 is 0 Å². The zero-order valence-corrected chi connectivity index (χ0v) is 15.8. The Morgan fingerprint density at radius 2 is 2.00 bits per heavy atom. The van der Waals surface area contributed by atoms with E-state index in [-0.39, 0.29) is 17.4 Å². The summed E-state index contributed by atoms with van der Waals surface area (Å²) in [4.78, 5) is 33.0. The summed E-state index contributed by atoms with van der Waals surface area (Å²) in [5, 5.41) is 1.09. The van der Waals surface area contributed by atoms with E-state index in [9.17, 15) is 9.59 Å². The molecule has 0 aliphatic carbocycles. The van der Waals surface area contributed by atoms with Crippen LogP contribution in [0.1, 0.15) is 47.1 Å². The lowest BCUT2D eigenvalue weighted by Crippen LogP contribution is -2.36. The predicted molar refractivity (Wildman–Crippen MR) is 104 cm³/mol. The number of aromatic amines is 2. The zero-order valence-electron chi connectivity index (χ0n) is 15.8. The number of carbonyl (C=O) groups is 1. The molecule has 0 fully saturated rings. The quantitative estimate of drug-likeness (QED) is 0.748. The number of pyridine rings is 1. The van der Waals surface area contributed by atoms with Gasteiger partial charge in [0.05, 0.1) is 12.7 Å². The molecule has 2 N–H and O–H groups in total. The Labute approximate surface area is 157 Å². The van der Waals surface area contributed by atoms with Crippen LogP contribution in [0.5, 0.6) is 5.75 Å². The van der Waals surface area contributed by atoms with Gasteiger partial charge in [-0.05, 0) is 30.2 Å². The van der Waals surface area contributed by atoms with E-state index in [4.69, 9.17) is 4.74 Å². The zero-order chi connectivity index (χ0) is 19.1. The molecule has 0 spiro atoms. The summed E-state index contributed by atoms with van der Waals surface area (Å²) >= 11 is 0. The third kappa shape index (κ3) is 3.01. The van der Waals surface area contributed by atoms with E-state index in [0.29, 0.717) is 24.3 Å². The number of nitrogens with zero attached hydrogens (tertiary/aromatic N) is 1. The van der Waals surface area contributed by atoms with E-state index < -0.39 is 0 Å². The number of ether oxygens (including phenoxy) is 1. The maximum Gasteiger partial charge on any atom is 0.255 e. The number of fused-ring (bicyclic) bond motifs is 3. The summed E-state index contributed by atoms with van der Waals surface area (Å²) in [5.74, 6) is 0.823. The SMILES string of the molecule is COc1ccc2[nH]c3c(c2c1)CN(C(=O)c1ccc(=O)[nH]c1C(C)C)CC3. The minimum absolute atomic E-state index is 0.0437. The predicted octanol–water partition coefficient (Wildman–Crippen LogP) is 3.19. The van der Waals surface area contributed by atoms with Crippen molar-refractivity contribution in [1.82, 2.24) is 14.9 Å². The van der Waals surface area contributed by atoms with Crippen LogP contribution in [0.3, 0.4) is 0 Å². The fraction of sp³-hybridized carbons (Fsp3) is 0.333. The van der Waals surface area contributed by atoms with Gasteiger partial charge in [0.1, 0.15) is 5.75 Å². The van der Waals surface area contributed by atoms with Crippen molar-refractivity contribution in [2.24, 2.45) is 0 Å². The van der Waals surface area contributed by atoms with Gasteiger partial charge in [0.25, 0.3) is 5.91 Å². The van der Waals surface area contributed by atoms with Crippen LogP contribution in [0.2, 0.25) is 0 Å². The summed E-state index contributed by atoms with van der Waals surface area (Å²) < 4.78 is 5.35. The van der Waals surface area contributed by atoms with E-state index >= 15 is 0 Å². The second-order valence-corrected chi connectivity index (χ2v) is 7.27. The largest absolute Gasteiger partial charge is 0.497 e. The normalized spacial score (nSPS) is 13.9. The Hall–Kier alpha value is -3.02. The molecule has 0 saturated heterocycles. The van der Waals surface area contributed by atoms with Gasteiger partial charge in [-0.15, -0.1) is 0 Å². The Balaban J connectivity index is 1.70. The summed E-state index contributed by atoms with van der Waals surface area (Å²) in [6, 6.07) is 9.02. The van der Waals surface area contributed by atoms with Gasteiger partial charge in [-0.2, -0.15) is 0 Å². The maximum atomic E-state index is 13.2. The van der Waals surface area contributed by atoms with Gasteiger partial charge in [-0.25, -0.2) is 0 Å². The number of nitrogens with one attached hydrogen (secondary N) is 2. The van der Waals surface area contributed by atoms with E-state index in [1.807, 2.05) is 36.9 Å². The van der Waals surface area contributed by atoms with Crippen LogP contribution in [-0.4, -0.2) is 34.4 Å². The molecule has 0 unspecified atom stereocenters. The number of amides is 1. The lowest BCUT2D eigenvalue weighted by atomic mass is 10.00. The third-order valence-electron chi connectivity index (χ3n) is 5.23. The Morgan fingerprint density at radius 3 is 2.74 bits per heavy atom. The topological polar surface area (TPSA) is 78.2 Å². The minimum atomic E-state index is -0.181. The molecule has 0 radical (unpaired) electrons. The third-order valence-corrected chi connectivity index (χ3v) is 5.23. The first-order valence-corrected chi connectivity index (χ1v) is 9.18. The van der Waals surface area contributed by atoms with Gasteiger partial charge < -0.3 is 19.6 Å². The van der Waals surface area contributed by atoms with Crippen molar-refractivity contribution in [2.45, 2.75) is 32.7 Å². The highest BCUT2D eigenvalue weighted by Crippen LogP contribution is 2.31. The number of methoxy groups -OCH3 is 1. The molecule has 2 aromatic heterocycles. The summed E-state index contributed by atoms with van der Waals surface area (Å²) in [6.45, 7) is 5.13. The van der Waals surface area contributed by atoms with Crippen LogP contribution in [0.4, 0.5) is 0 Å². The number of rotatable bonds is 3. The van der Waals surface area contributed by atoms with Gasteiger partial charge in [0, 0.05) is 53.4 Å². The minimum Gasteiger partial charge on any atom is -0.497 e. The van der Waals surface area contributed by atoms with E-state index in [0.717, 1.165) is 28.6 Å². The molecule has 3 aromatic rings. The van der Waals surface area contributed by atoms with Crippen LogP contribution in [0.25, 0.3) is 10.9 Å². The van der Waals surface area contributed by atoms with Gasteiger partial charge in [0.2, 0.25) is 5.56 Å². The van der Waals surface area contributed by atoms with Crippen molar-refractivity contribution in [3.05, 3.63) is 63.2 Å². The van der Waals surface area contributed by atoms with Crippen LogP contribution in [-0.2, 0) is 13.0 Å². The maximum absolute atomic E-state index is 13.2. The van der Waals surface area contributed by atoms with Gasteiger partial charge in [0.15, 0.2) is 0 Å².